The van der Waals surface area contributed by atoms with Crippen molar-refractivity contribution < 1.29 is 68.9 Å². The summed E-state index contributed by atoms with van der Waals surface area (Å²) in [6, 6.07) is 0. The smallest absolute Gasteiger partial charge is 0.450 e. The molecular formula is C6H8O15S2. The zero-order valence-electron chi connectivity index (χ0n) is 10.5. The van der Waals surface area contributed by atoms with E-state index in [0.717, 1.165) is 0 Å². The van der Waals surface area contributed by atoms with Gasteiger partial charge in [-0.15, -0.1) is 0 Å². The summed E-state index contributed by atoms with van der Waals surface area (Å²) in [4.78, 5) is 26.4. The van der Waals surface area contributed by atoms with Gasteiger partial charge >= 0.3 is 26.8 Å². The summed E-state index contributed by atoms with van der Waals surface area (Å²) < 4.78 is 63.7. The molecule has 1 aliphatic rings. The zero-order valence-corrected chi connectivity index (χ0v) is 12.1. The van der Waals surface area contributed by atoms with Crippen LogP contribution in [0.4, 0.5) is 0 Å². The quantitative estimate of drug-likeness (QED) is 0.114. The van der Waals surface area contributed by atoms with Gasteiger partial charge in [-0.25, -0.2) is 4.79 Å². The number of carbonyl (C=O) groups excluding carboxylic acids is 2. The van der Waals surface area contributed by atoms with E-state index >= 15 is 0 Å². The Kier molecular flexibility index (Phi) is 6.47. The molecule has 0 radical (unpaired) electrons. The molecule has 0 bridgehead atoms. The Morgan fingerprint density at radius 3 is 2.26 bits per heavy atom. The molecule has 0 aromatic rings. The Morgan fingerprint density at radius 2 is 1.74 bits per heavy atom. The zero-order chi connectivity index (χ0) is 17.8. The van der Waals surface area contributed by atoms with Gasteiger partial charge in [-0.3, -0.25) is 9.35 Å². The van der Waals surface area contributed by atoms with Crippen LogP contribution >= 0.6 is 0 Å². The van der Waals surface area contributed by atoms with Crippen molar-refractivity contribution in [2.45, 2.75) is 18.3 Å². The lowest BCUT2D eigenvalue weighted by Crippen LogP contribution is -2.41. The molecule has 17 heteroatoms. The van der Waals surface area contributed by atoms with Gasteiger partial charge in [-0.05, 0) is 5.04 Å². The van der Waals surface area contributed by atoms with E-state index in [0.29, 0.717) is 0 Å². The second-order valence-electron chi connectivity index (χ2n) is 3.61. The molecule has 23 heavy (non-hydrogen) atoms. The fourth-order valence-electron chi connectivity index (χ4n) is 1.16. The molecule has 1 saturated heterocycles. The monoisotopic (exact) mass is 384 g/mol. The first-order chi connectivity index (χ1) is 10.5. The van der Waals surface area contributed by atoms with Gasteiger partial charge < -0.3 is 14.9 Å². The van der Waals surface area contributed by atoms with Crippen LogP contribution in [0, 0.1) is 0 Å². The Balaban J connectivity index is 2.59. The van der Waals surface area contributed by atoms with Crippen molar-refractivity contribution in [3.8, 4) is 0 Å². The maximum absolute atomic E-state index is 11.3. The van der Waals surface area contributed by atoms with E-state index in [-0.39, 0.29) is 0 Å². The van der Waals surface area contributed by atoms with Crippen molar-refractivity contribution >= 4 is 32.6 Å². The summed E-state index contributed by atoms with van der Waals surface area (Å²) in [7, 11) is -10.6. The fraction of sp³-hybridized carbons (Fsp3) is 0.667. The number of aliphatic hydroxyl groups excluding tert-OH is 2. The molecule has 0 amide bonds. The summed E-state index contributed by atoms with van der Waals surface area (Å²) in [5, 5.41) is 21.6. The van der Waals surface area contributed by atoms with Crippen LogP contribution < -0.4 is 0 Å². The first kappa shape index (κ1) is 19.8. The third-order valence-electron chi connectivity index (χ3n) is 2.02. The highest BCUT2D eigenvalue weighted by Crippen LogP contribution is 2.19. The van der Waals surface area contributed by atoms with E-state index in [1.54, 1.807) is 0 Å². The Hall–Kier alpha value is -1.28. The number of hydrogen-bond donors (Lipinski definition) is 3. The Labute approximate surface area is 127 Å². The first-order valence-corrected chi connectivity index (χ1v) is 7.82. The summed E-state index contributed by atoms with van der Waals surface area (Å²) in [6.45, 7) is -0.949. The molecule has 1 aliphatic heterocycles. The van der Waals surface area contributed by atoms with Crippen LogP contribution in [-0.2, 0) is 58.1 Å². The molecular weight excluding hydrogens is 376 g/mol. The van der Waals surface area contributed by atoms with Crippen LogP contribution in [0.1, 0.15) is 0 Å². The van der Waals surface area contributed by atoms with E-state index in [9.17, 15) is 31.5 Å². The number of Topliss-reactive ketones (excluding diaryl/α,β-unsaturated/α-hetero) is 1. The largest absolute Gasteiger partial charge is 0.456 e. The Morgan fingerprint density at radius 1 is 1.13 bits per heavy atom. The van der Waals surface area contributed by atoms with Gasteiger partial charge in [0.15, 0.2) is 6.10 Å². The standard InChI is InChI=1S/C6H8O15S2/c7-1-2(8)4-5(3(9)6(10)16-4)17-18-19-23(14,15)21-20-22(11,12)13/h2,4-5,7-8H,1H2,(H,11,12,13)/t2-,4+,5?/m0/s1. The van der Waals surface area contributed by atoms with Crippen molar-refractivity contribution in [1.82, 2.24) is 0 Å². The van der Waals surface area contributed by atoms with Gasteiger partial charge in [-0.2, -0.15) is 21.7 Å². The molecule has 0 saturated carbocycles. The van der Waals surface area contributed by atoms with Gasteiger partial charge in [-0.1, -0.05) is 13.0 Å². The lowest BCUT2D eigenvalue weighted by atomic mass is 10.1. The van der Waals surface area contributed by atoms with Crippen molar-refractivity contribution in [2.75, 3.05) is 6.61 Å². The highest BCUT2D eigenvalue weighted by Gasteiger charge is 2.49. The minimum Gasteiger partial charge on any atom is -0.450 e. The molecule has 3 N–H and O–H groups in total. The minimum absolute atomic E-state index is 0.949. The number of cyclic esters (lactones) is 1. The van der Waals surface area contributed by atoms with Gasteiger partial charge in [0.1, 0.15) is 6.10 Å². The van der Waals surface area contributed by atoms with E-state index in [1.165, 1.54) is 0 Å². The molecule has 0 aliphatic carbocycles. The van der Waals surface area contributed by atoms with Crippen molar-refractivity contribution in [3.05, 3.63) is 0 Å². The molecule has 0 aromatic heterocycles. The molecule has 15 nitrogen and oxygen atoms in total. The molecule has 0 aromatic carbocycles. The van der Waals surface area contributed by atoms with Crippen LogP contribution in [-0.4, -0.2) is 68.3 Å². The van der Waals surface area contributed by atoms with Gasteiger partial charge in [0, 0.05) is 0 Å². The molecule has 3 atom stereocenters. The topological polar surface area (TPSA) is 218 Å². The van der Waals surface area contributed by atoms with Crippen molar-refractivity contribution in [2.24, 2.45) is 0 Å². The fourth-order valence-corrected chi connectivity index (χ4v) is 1.84. The number of ketones is 1. The second kappa shape index (κ2) is 7.53. The van der Waals surface area contributed by atoms with Crippen LogP contribution in [0.15, 0.2) is 0 Å². The van der Waals surface area contributed by atoms with Crippen LogP contribution in [0.25, 0.3) is 0 Å². The van der Waals surface area contributed by atoms with Gasteiger partial charge in [0.25, 0.3) is 5.78 Å². The van der Waals surface area contributed by atoms with Gasteiger partial charge in [0.05, 0.1) is 6.61 Å². The van der Waals surface area contributed by atoms with E-state index < -0.39 is 57.5 Å². The number of rotatable bonds is 9. The predicted molar refractivity (Wildman–Crippen MR) is 57.7 cm³/mol. The number of esters is 1. The lowest BCUT2D eigenvalue weighted by molar-refractivity contribution is -0.483. The van der Waals surface area contributed by atoms with E-state index in [4.69, 9.17) is 9.66 Å². The average Bonchev–Trinajstić information content (AvgIpc) is 2.72. The molecule has 1 heterocycles. The SMILES string of the molecule is O=C1O[C@H]([C@@H](O)CO)C(OOOS(=O)(=O)OOS(=O)(=O)O)C1=O. The third-order valence-corrected chi connectivity index (χ3v) is 2.80. The van der Waals surface area contributed by atoms with Crippen LogP contribution in [0.3, 0.4) is 0 Å². The number of hydrogen-bond acceptors (Lipinski definition) is 14. The maximum atomic E-state index is 11.3. The minimum atomic E-state index is -5.34. The lowest BCUT2D eigenvalue weighted by Gasteiger charge is -2.18. The van der Waals surface area contributed by atoms with Crippen LogP contribution in [0.5, 0.6) is 0 Å². The van der Waals surface area contributed by atoms with Crippen LogP contribution in [0.2, 0.25) is 0 Å². The molecule has 0 spiro atoms. The van der Waals surface area contributed by atoms with E-state index in [2.05, 4.69) is 27.7 Å². The number of carbonyl (C=O) groups is 2. The molecule has 1 fully saturated rings. The summed E-state index contributed by atoms with van der Waals surface area (Å²) in [5.74, 6) is -2.87. The predicted octanol–water partition coefficient (Wildman–Crippen LogP) is -3.92. The highest BCUT2D eigenvalue weighted by molar-refractivity contribution is 7.83. The molecule has 1 unspecified atom stereocenters. The van der Waals surface area contributed by atoms with Crippen molar-refractivity contribution in [3.63, 3.8) is 0 Å². The summed E-state index contributed by atoms with van der Waals surface area (Å²) in [6.07, 6.45) is -5.52. The van der Waals surface area contributed by atoms with Crippen molar-refractivity contribution in [1.29, 1.82) is 0 Å². The molecule has 134 valence electrons. The average molecular weight is 384 g/mol. The first-order valence-electron chi connectivity index (χ1n) is 5.12. The maximum Gasteiger partial charge on any atom is 0.456 e. The van der Waals surface area contributed by atoms with Gasteiger partial charge in [0.2, 0.25) is 6.10 Å². The number of aliphatic hydroxyl groups is 2. The Bertz CT molecular complexity index is 647. The highest BCUT2D eigenvalue weighted by atomic mass is 32.3. The number of ether oxygens (including phenoxy) is 1. The van der Waals surface area contributed by atoms with E-state index in [1.807, 2.05) is 0 Å². The molecule has 1 rings (SSSR count). The summed E-state index contributed by atoms with van der Waals surface area (Å²) >= 11 is 0. The second-order valence-corrected chi connectivity index (χ2v) is 5.69. The summed E-state index contributed by atoms with van der Waals surface area (Å²) in [5.41, 5.74) is 0. The normalized spacial score (nSPS) is 23.8. The third kappa shape index (κ3) is 6.02.